The van der Waals surface area contributed by atoms with Crippen LogP contribution in [0.4, 0.5) is 14.5 Å². The third-order valence-electron chi connectivity index (χ3n) is 3.18. The van der Waals surface area contributed by atoms with Gasteiger partial charge in [0.05, 0.1) is 13.7 Å². The van der Waals surface area contributed by atoms with Gasteiger partial charge in [-0.2, -0.15) is 0 Å². The second-order valence-electron chi connectivity index (χ2n) is 4.68. The molecule has 5 nitrogen and oxygen atoms in total. The van der Waals surface area contributed by atoms with Crippen molar-refractivity contribution in [1.82, 2.24) is 10.2 Å². The van der Waals surface area contributed by atoms with Crippen LogP contribution in [0.2, 0.25) is 0 Å². The first-order valence-electron chi connectivity index (χ1n) is 6.82. The second-order valence-corrected chi connectivity index (χ2v) is 4.68. The van der Waals surface area contributed by atoms with Crippen LogP contribution in [0.5, 0.6) is 5.75 Å². The molecule has 7 heteroatoms. The van der Waals surface area contributed by atoms with Gasteiger partial charge in [0, 0.05) is 5.56 Å². The molecule has 3 rings (SSSR count). The third kappa shape index (κ3) is 3.28. The Labute approximate surface area is 130 Å². The molecule has 1 N–H and O–H groups in total. The number of halogens is 2. The highest BCUT2D eigenvalue weighted by atomic mass is 19.1. The van der Waals surface area contributed by atoms with E-state index in [0.29, 0.717) is 11.6 Å². The minimum Gasteiger partial charge on any atom is -0.497 e. The number of aromatic nitrogens is 2. The third-order valence-corrected chi connectivity index (χ3v) is 3.18. The first kappa shape index (κ1) is 15.0. The molecule has 0 spiro atoms. The molecule has 0 aliphatic rings. The smallest absolute Gasteiger partial charge is 0.247 e. The first-order valence-corrected chi connectivity index (χ1v) is 6.82. The van der Waals surface area contributed by atoms with Crippen molar-refractivity contribution in [3.63, 3.8) is 0 Å². The van der Waals surface area contributed by atoms with Crippen LogP contribution < -0.4 is 10.1 Å². The molecule has 1 aromatic heterocycles. The number of methoxy groups -OCH3 is 1. The van der Waals surface area contributed by atoms with Gasteiger partial charge in [-0.25, -0.2) is 8.78 Å². The Morgan fingerprint density at radius 3 is 2.39 bits per heavy atom. The highest BCUT2D eigenvalue weighted by Crippen LogP contribution is 2.22. The number of rotatable bonds is 5. The summed E-state index contributed by atoms with van der Waals surface area (Å²) in [5.74, 6) is -0.109. The van der Waals surface area contributed by atoms with Crippen LogP contribution in [0.1, 0.15) is 5.89 Å². The maximum Gasteiger partial charge on any atom is 0.247 e. The molecule has 0 unspecified atom stereocenters. The number of hydrogen-bond donors (Lipinski definition) is 1. The van der Waals surface area contributed by atoms with Crippen molar-refractivity contribution in [2.24, 2.45) is 0 Å². The molecule has 1 heterocycles. The fourth-order valence-electron chi connectivity index (χ4n) is 2.01. The summed E-state index contributed by atoms with van der Waals surface area (Å²) in [5, 5.41) is 10.4. The van der Waals surface area contributed by atoms with E-state index in [0.717, 1.165) is 5.56 Å². The Morgan fingerprint density at radius 1 is 1.04 bits per heavy atom. The number of nitrogens with one attached hydrogen (secondary N) is 1. The summed E-state index contributed by atoms with van der Waals surface area (Å²) in [6.07, 6.45) is 0. The lowest BCUT2D eigenvalue weighted by Gasteiger charge is -2.05. The highest BCUT2D eigenvalue weighted by molar-refractivity contribution is 5.54. The number of benzene rings is 2. The van der Waals surface area contributed by atoms with Crippen LogP contribution in [-0.4, -0.2) is 17.3 Å². The standard InChI is InChI=1S/C16H13F2N3O2/c1-22-11-7-5-10(6-8-11)16-21-20-14(23-16)9-19-15-12(17)3-2-4-13(15)18/h2-8,19H,9H2,1H3. The quantitative estimate of drug-likeness (QED) is 0.778. The summed E-state index contributed by atoms with van der Waals surface area (Å²) in [7, 11) is 1.58. The summed E-state index contributed by atoms with van der Waals surface area (Å²) in [6, 6.07) is 10.7. The van der Waals surface area contributed by atoms with E-state index in [1.165, 1.54) is 18.2 Å². The lowest BCUT2D eigenvalue weighted by molar-refractivity contribution is 0.415. The maximum absolute atomic E-state index is 13.5. The second kappa shape index (κ2) is 6.43. The van der Waals surface area contributed by atoms with E-state index in [9.17, 15) is 8.78 Å². The Balaban J connectivity index is 1.72. The highest BCUT2D eigenvalue weighted by Gasteiger charge is 2.11. The summed E-state index contributed by atoms with van der Waals surface area (Å²) < 4.78 is 37.6. The molecule has 0 aliphatic carbocycles. The molecule has 0 amide bonds. The van der Waals surface area contributed by atoms with Crippen LogP contribution in [-0.2, 0) is 6.54 Å². The molecule has 0 bridgehead atoms. The fourth-order valence-corrected chi connectivity index (χ4v) is 2.01. The van der Waals surface area contributed by atoms with Gasteiger partial charge < -0.3 is 14.5 Å². The Morgan fingerprint density at radius 2 is 1.74 bits per heavy atom. The van der Waals surface area contributed by atoms with Crippen LogP contribution in [0, 0.1) is 11.6 Å². The molecule has 23 heavy (non-hydrogen) atoms. The summed E-state index contributed by atoms with van der Waals surface area (Å²) in [6.45, 7) is 0.0149. The van der Waals surface area contributed by atoms with Crippen LogP contribution in [0.25, 0.3) is 11.5 Å². The molecule has 0 fully saturated rings. The monoisotopic (exact) mass is 317 g/mol. The van der Waals surface area contributed by atoms with Gasteiger partial charge in [-0.15, -0.1) is 10.2 Å². The summed E-state index contributed by atoms with van der Waals surface area (Å²) >= 11 is 0. The average Bonchev–Trinajstić information content (AvgIpc) is 3.03. The summed E-state index contributed by atoms with van der Waals surface area (Å²) in [4.78, 5) is 0. The van der Waals surface area contributed by atoms with Gasteiger partial charge in [0.1, 0.15) is 23.1 Å². The molecule has 0 saturated heterocycles. The van der Waals surface area contributed by atoms with Crippen molar-refractivity contribution in [3.8, 4) is 17.2 Å². The molecule has 2 aromatic carbocycles. The molecule has 0 saturated carbocycles. The zero-order valence-electron chi connectivity index (χ0n) is 12.2. The first-order chi connectivity index (χ1) is 11.2. The molecule has 3 aromatic rings. The molecular weight excluding hydrogens is 304 g/mol. The lowest BCUT2D eigenvalue weighted by atomic mass is 10.2. The predicted molar refractivity (Wildman–Crippen MR) is 80.0 cm³/mol. The van der Waals surface area contributed by atoms with E-state index in [4.69, 9.17) is 9.15 Å². The SMILES string of the molecule is COc1ccc(-c2nnc(CNc3c(F)cccc3F)o2)cc1. The van der Waals surface area contributed by atoms with Crippen molar-refractivity contribution in [3.05, 3.63) is 60.0 Å². The lowest BCUT2D eigenvalue weighted by Crippen LogP contribution is -2.04. The minimum atomic E-state index is -0.681. The van der Waals surface area contributed by atoms with Crippen molar-refractivity contribution in [2.75, 3.05) is 12.4 Å². The largest absolute Gasteiger partial charge is 0.497 e. The van der Waals surface area contributed by atoms with E-state index in [-0.39, 0.29) is 18.1 Å². The van der Waals surface area contributed by atoms with Crippen molar-refractivity contribution < 1.29 is 17.9 Å². The normalized spacial score (nSPS) is 10.6. The van der Waals surface area contributed by atoms with E-state index >= 15 is 0 Å². The van der Waals surface area contributed by atoms with Gasteiger partial charge in [0.25, 0.3) is 0 Å². The molecule has 0 radical (unpaired) electrons. The predicted octanol–water partition coefficient (Wildman–Crippen LogP) is 3.64. The number of nitrogens with zero attached hydrogens (tertiary/aromatic N) is 2. The van der Waals surface area contributed by atoms with Gasteiger partial charge >= 0.3 is 0 Å². The Kier molecular flexibility index (Phi) is 4.18. The fraction of sp³-hybridized carbons (Fsp3) is 0.125. The minimum absolute atomic E-state index is 0.0149. The van der Waals surface area contributed by atoms with E-state index in [1.807, 2.05) is 0 Å². The average molecular weight is 317 g/mol. The number of ether oxygens (including phenoxy) is 1. The van der Waals surface area contributed by atoms with Gasteiger partial charge in [0.2, 0.25) is 11.8 Å². The van der Waals surface area contributed by atoms with Gasteiger partial charge in [-0.1, -0.05) is 6.07 Å². The molecule has 0 atom stereocenters. The Hall–Kier alpha value is -2.96. The number of anilines is 1. The van der Waals surface area contributed by atoms with E-state index < -0.39 is 11.6 Å². The van der Waals surface area contributed by atoms with E-state index in [2.05, 4.69) is 15.5 Å². The number of para-hydroxylation sites is 1. The molecule has 0 aliphatic heterocycles. The molecule has 118 valence electrons. The van der Waals surface area contributed by atoms with Gasteiger partial charge in [-0.05, 0) is 36.4 Å². The number of hydrogen-bond acceptors (Lipinski definition) is 5. The topological polar surface area (TPSA) is 60.2 Å². The zero-order chi connectivity index (χ0) is 16.2. The zero-order valence-corrected chi connectivity index (χ0v) is 12.2. The Bertz CT molecular complexity index is 783. The van der Waals surface area contributed by atoms with Crippen LogP contribution >= 0.6 is 0 Å². The van der Waals surface area contributed by atoms with Crippen molar-refractivity contribution in [1.29, 1.82) is 0 Å². The van der Waals surface area contributed by atoms with Crippen molar-refractivity contribution in [2.45, 2.75) is 6.54 Å². The van der Waals surface area contributed by atoms with Gasteiger partial charge in [0.15, 0.2) is 0 Å². The van der Waals surface area contributed by atoms with Crippen LogP contribution in [0.15, 0.2) is 46.9 Å². The van der Waals surface area contributed by atoms with Crippen LogP contribution in [0.3, 0.4) is 0 Å². The summed E-state index contributed by atoms with van der Waals surface area (Å²) in [5.41, 5.74) is 0.498. The van der Waals surface area contributed by atoms with Crippen molar-refractivity contribution >= 4 is 5.69 Å². The maximum atomic E-state index is 13.5. The van der Waals surface area contributed by atoms with E-state index in [1.54, 1.807) is 31.4 Å². The van der Waals surface area contributed by atoms with Gasteiger partial charge in [-0.3, -0.25) is 0 Å². The molecular formula is C16H13F2N3O2.